The van der Waals surface area contributed by atoms with Crippen molar-refractivity contribution in [3.63, 3.8) is 0 Å². The van der Waals surface area contributed by atoms with E-state index < -0.39 is 0 Å². The van der Waals surface area contributed by atoms with Gasteiger partial charge >= 0.3 is 0 Å². The molecule has 0 bridgehead atoms. The second-order valence-corrected chi connectivity index (χ2v) is 5.36. The van der Waals surface area contributed by atoms with E-state index in [0.717, 1.165) is 11.8 Å². The molecule has 1 rings (SSSR count). The highest BCUT2D eigenvalue weighted by Gasteiger charge is 2.26. The van der Waals surface area contributed by atoms with Crippen LogP contribution >= 0.6 is 0 Å². The van der Waals surface area contributed by atoms with Crippen molar-refractivity contribution in [3.05, 3.63) is 0 Å². The average molecular weight is 212 g/mol. The van der Waals surface area contributed by atoms with E-state index in [1.165, 1.54) is 38.6 Å². The van der Waals surface area contributed by atoms with E-state index in [0.29, 0.717) is 6.04 Å². The van der Waals surface area contributed by atoms with Gasteiger partial charge in [-0.25, -0.2) is 0 Å². The Morgan fingerprint density at radius 1 is 1.33 bits per heavy atom. The van der Waals surface area contributed by atoms with Gasteiger partial charge in [-0.15, -0.1) is 0 Å². The van der Waals surface area contributed by atoms with Gasteiger partial charge in [-0.1, -0.05) is 26.2 Å². The van der Waals surface area contributed by atoms with Crippen LogP contribution in [0.2, 0.25) is 0 Å². The molecule has 0 amide bonds. The Balaban J connectivity index is 2.44. The van der Waals surface area contributed by atoms with Gasteiger partial charge in [0.15, 0.2) is 0 Å². The smallest absolute Gasteiger partial charge is 0.0220 e. The second kappa shape index (κ2) is 6.49. The second-order valence-electron chi connectivity index (χ2n) is 5.36. The van der Waals surface area contributed by atoms with Crippen LogP contribution in [0.4, 0.5) is 0 Å². The third kappa shape index (κ3) is 4.12. The number of nitrogens with zero attached hydrogens (tertiary/aromatic N) is 1. The zero-order valence-electron chi connectivity index (χ0n) is 10.9. The van der Waals surface area contributed by atoms with Crippen LogP contribution in [-0.2, 0) is 0 Å². The fourth-order valence-corrected chi connectivity index (χ4v) is 2.94. The lowest BCUT2D eigenvalue weighted by Crippen LogP contribution is -2.43. The van der Waals surface area contributed by atoms with Crippen molar-refractivity contribution in [3.8, 4) is 0 Å². The van der Waals surface area contributed by atoms with Crippen molar-refractivity contribution in [1.29, 1.82) is 0 Å². The highest BCUT2D eigenvalue weighted by atomic mass is 15.1. The normalized spacial score (nSPS) is 29.4. The summed E-state index contributed by atoms with van der Waals surface area (Å²) >= 11 is 0. The molecule has 1 aliphatic rings. The van der Waals surface area contributed by atoms with Crippen LogP contribution in [0, 0.1) is 11.8 Å². The summed E-state index contributed by atoms with van der Waals surface area (Å²) in [6.45, 7) is 3.52. The molecule has 2 heteroatoms. The van der Waals surface area contributed by atoms with Crippen LogP contribution in [0.25, 0.3) is 0 Å². The minimum absolute atomic E-state index is 0.689. The van der Waals surface area contributed by atoms with E-state index in [2.05, 4.69) is 38.3 Å². The average Bonchev–Trinajstić information content (AvgIpc) is 2.25. The molecule has 0 aliphatic heterocycles. The Morgan fingerprint density at radius 2 is 2.07 bits per heavy atom. The molecule has 1 saturated carbocycles. The topological polar surface area (TPSA) is 15.3 Å². The fraction of sp³-hybridized carbons (Fsp3) is 1.00. The van der Waals surface area contributed by atoms with E-state index >= 15 is 0 Å². The fourth-order valence-electron chi connectivity index (χ4n) is 2.94. The Kier molecular flexibility index (Phi) is 5.62. The SMILES string of the molecule is CCC1CCCC(C(CN(C)C)NC)C1. The summed E-state index contributed by atoms with van der Waals surface area (Å²) in [7, 11) is 6.46. The molecule has 2 nitrogen and oxygen atoms in total. The number of likely N-dealkylation sites (N-methyl/N-ethyl adjacent to an activating group) is 2. The Hall–Kier alpha value is -0.0800. The summed E-state index contributed by atoms with van der Waals surface area (Å²) in [5, 5.41) is 3.51. The van der Waals surface area contributed by atoms with Gasteiger partial charge in [-0.3, -0.25) is 0 Å². The van der Waals surface area contributed by atoms with Crippen molar-refractivity contribution in [2.75, 3.05) is 27.7 Å². The molecule has 0 aromatic rings. The Morgan fingerprint density at radius 3 is 2.60 bits per heavy atom. The molecule has 0 aromatic heterocycles. The highest BCUT2D eigenvalue weighted by Crippen LogP contribution is 2.32. The first kappa shape index (κ1) is 13.0. The largest absolute Gasteiger partial charge is 0.315 e. The molecule has 90 valence electrons. The van der Waals surface area contributed by atoms with Gasteiger partial charge in [-0.2, -0.15) is 0 Å². The standard InChI is InChI=1S/C13H28N2/c1-5-11-7-6-8-12(9-11)13(14-2)10-15(3)4/h11-14H,5-10H2,1-4H3. The molecule has 3 atom stereocenters. The maximum absolute atomic E-state index is 3.51. The van der Waals surface area contributed by atoms with Crippen LogP contribution in [-0.4, -0.2) is 38.6 Å². The van der Waals surface area contributed by atoms with E-state index in [1.807, 2.05) is 0 Å². The predicted molar refractivity (Wildman–Crippen MR) is 67.1 cm³/mol. The molecule has 0 heterocycles. The quantitative estimate of drug-likeness (QED) is 0.752. The van der Waals surface area contributed by atoms with Crippen molar-refractivity contribution in [1.82, 2.24) is 10.2 Å². The third-order valence-electron chi connectivity index (χ3n) is 3.90. The summed E-state index contributed by atoms with van der Waals surface area (Å²) in [5.41, 5.74) is 0. The minimum Gasteiger partial charge on any atom is -0.315 e. The maximum atomic E-state index is 3.51. The molecule has 0 spiro atoms. The van der Waals surface area contributed by atoms with Crippen LogP contribution in [0.3, 0.4) is 0 Å². The van der Waals surface area contributed by atoms with Gasteiger partial charge in [0.1, 0.15) is 0 Å². The Bertz CT molecular complexity index is 168. The lowest BCUT2D eigenvalue weighted by molar-refractivity contribution is 0.188. The lowest BCUT2D eigenvalue weighted by Gasteiger charge is -2.35. The van der Waals surface area contributed by atoms with Gasteiger partial charge in [0.2, 0.25) is 0 Å². The summed E-state index contributed by atoms with van der Waals surface area (Å²) in [6.07, 6.45) is 7.14. The van der Waals surface area contributed by atoms with Gasteiger partial charge in [0.25, 0.3) is 0 Å². The molecular weight excluding hydrogens is 184 g/mol. The first-order chi connectivity index (χ1) is 7.17. The van der Waals surface area contributed by atoms with E-state index in [4.69, 9.17) is 0 Å². The van der Waals surface area contributed by atoms with Crippen molar-refractivity contribution in [2.24, 2.45) is 11.8 Å². The van der Waals surface area contributed by atoms with Crippen LogP contribution in [0.5, 0.6) is 0 Å². The molecule has 1 aliphatic carbocycles. The van der Waals surface area contributed by atoms with Gasteiger partial charge < -0.3 is 10.2 Å². The van der Waals surface area contributed by atoms with E-state index in [-0.39, 0.29) is 0 Å². The molecule has 15 heavy (non-hydrogen) atoms. The van der Waals surface area contributed by atoms with Gasteiger partial charge in [-0.05, 0) is 45.8 Å². The highest BCUT2D eigenvalue weighted by molar-refractivity contribution is 4.82. The number of hydrogen-bond acceptors (Lipinski definition) is 2. The monoisotopic (exact) mass is 212 g/mol. The number of nitrogens with one attached hydrogen (secondary N) is 1. The molecule has 0 saturated heterocycles. The van der Waals surface area contributed by atoms with Crippen molar-refractivity contribution in [2.45, 2.75) is 45.1 Å². The summed E-state index contributed by atoms with van der Waals surface area (Å²) < 4.78 is 0. The van der Waals surface area contributed by atoms with Crippen LogP contribution in [0.1, 0.15) is 39.0 Å². The first-order valence-corrected chi connectivity index (χ1v) is 6.49. The van der Waals surface area contributed by atoms with Gasteiger partial charge in [0.05, 0.1) is 0 Å². The first-order valence-electron chi connectivity index (χ1n) is 6.49. The van der Waals surface area contributed by atoms with Crippen molar-refractivity contribution >= 4 is 0 Å². The number of rotatable bonds is 5. The predicted octanol–water partition coefficient (Wildman–Crippen LogP) is 2.35. The number of hydrogen-bond donors (Lipinski definition) is 1. The zero-order chi connectivity index (χ0) is 11.3. The lowest BCUT2D eigenvalue weighted by atomic mass is 9.76. The van der Waals surface area contributed by atoms with E-state index in [9.17, 15) is 0 Å². The summed E-state index contributed by atoms with van der Waals surface area (Å²) in [6, 6.07) is 0.689. The molecule has 3 unspecified atom stereocenters. The maximum Gasteiger partial charge on any atom is 0.0220 e. The third-order valence-corrected chi connectivity index (χ3v) is 3.90. The molecule has 0 radical (unpaired) electrons. The molecule has 0 aromatic carbocycles. The molecular formula is C13H28N2. The zero-order valence-corrected chi connectivity index (χ0v) is 10.9. The molecule has 1 N–H and O–H groups in total. The Labute approximate surface area is 95.4 Å². The molecule has 1 fully saturated rings. The summed E-state index contributed by atoms with van der Waals surface area (Å²) in [4.78, 5) is 2.30. The van der Waals surface area contributed by atoms with Crippen molar-refractivity contribution < 1.29 is 0 Å². The van der Waals surface area contributed by atoms with Crippen LogP contribution in [0.15, 0.2) is 0 Å². The minimum atomic E-state index is 0.689. The van der Waals surface area contributed by atoms with Gasteiger partial charge in [0, 0.05) is 12.6 Å². The van der Waals surface area contributed by atoms with E-state index in [1.54, 1.807) is 0 Å². The summed E-state index contributed by atoms with van der Waals surface area (Å²) in [5.74, 6) is 1.89. The van der Waals surface area contributed by atoms with Crippen LogP contribution < -0.4 is 5.32 Å².